The van der Waals surface area contributed by atoms with Crippen LogP contribution in [-0.2, 0) is 4.79 Å². The summed E-state index contributed by atoms with van der Waals surface area (Å²) in [6.07, 6.45) is -3.24. The molecule has 0 bridgehead atoms. The maximum absolute atomic E-state index is 12.7. The number of carbonyl (C=O) groups is 1. The van der Waals surface area contributed by atoms with Gasteiger partial charge in [-0.1, -0.05) is 61.2 Å². The summed E-state index contributed by atoms with van der Waals surface area (Å²) in [5, 5.41) is 8.43. The van der Waals surface area contributed by atoms with Gasteiger partial charge < -0.3 is 15.0 Å². The summed E-state index contributed by atoms with van der Waals surface area (Å²) in [5.41, 5.74) is 5.89. The van der Waals surface area contributed by atoms with E-state index in [-0.39, 0.29) is 24.1 Å². The average Bonchev–Trinajstić information content (AvgIpc) is 3.63. The number of amidine groups is 1. The molecule has 1 fully saturated rings. The van der Waals surface area contributed by atoms with E-state index in [9.17, 15) is 18.0 Å². The van der Waals surface area contributed by atoms with Crippen molar-refractivity contribution in [3.05, 3.63) is 89.7 Å². The lowest BCUT2D eigenvalue weighted by atomic mass is 9.99. The maximum atomic E-state index is 12.7. The number of aromatic nitrogens is 3. The number of aliphatic imine (C=N–C) groups is 1. The van der Waals surface area contributed by atoms with E-state index in [1.807, 2.05) is 30.3 Å². The van der Waals surface area contributed by atoms with E-state index in [0.29, 0.717) is 18.1 Å². The van der Waals surface area contributed by atoms with E-state index >= 15 is 0 Å². The molecule has 1 amide bonds. The Morgan fingerprint density at radius 2 is 1.77 bits per heavy atom. The second-order valence-electron chi connectivity index (χ2n) is 10.2. The van der Waals surface area contributed by atoms with Crippen molar-refractivity contribution in [3.8, 4) is 22.8 Å². The van der Waals surface area contributed by atoms with Gasteiger partial charge in [0.25, 0.3) is 5.91 Å². The molecule has 8 nitrogen and oxygen atoms in total. The van der Waals surface area contributed by atoms with Crippen molar-refractivity contribution in [1.29, 1.82) is 0 Å². The minimum atomic E-state index is -4.74. The van der Waals surface area contributed by atoms with Crippen LogP contribution in [0.4, 0.5) is 18.9 Å². The number of rotatable bonds is 9. The lowest BCUT2D eigenvalue weighted by Crippen LogP contribution is -2.29. The fraction of sp³-hybridized carbons (Fsp3) is 0.290. The Labute approximate surface area is 252 Å². The van der Waals surface area contributed by atoms with Gasteiger partial charge in [-0.2, -0.15) is 4.99 Å². The van der Waals surface area contributed by atoms with Crippen LogP contribution in [0.25, 0.3) is 17.1 Å². The molecule has 0 spiro atoms. The van der Waals surface area contributed by atoms with Crippen LogP contribution in [0.5, 0.6) is 5.75 Å². The number of anilines is 1. The zero-order valence-corrected chi connectivity index (χ0v) is 24.7. The smallest absolute Gasteiger partial charge is 0.406 e. The van der Waals surface area contributed by atoms with Gasteiger partial charge in [0.2, 0.25) is 0 Å². The maximum Gasteiger partial charge on any atom is 0.573 e. The highest BCUT2D eigenvalue weighted by atomic mass is 32.2. The predicted molar refractivity (Wildman–Crippen MR) is 163 cm³/mol. The summed E-state index contributed by atoms with van der Waals surface area (Å²) in [5.74, 6) is 1.01. The molecule has 1 saturated heterocycles. The first kappa shape index (κ1) is 30.3. The molecule has 1 atom stereocenters. The molecule has 224 valence electrons. The summed E-state index contributed by atoms with van der Waals surface area (Å²) < 4.78 is 42.6. The van der Waals surface area contributed by atoms with Gasteiger partial charge in [-0.05, 0) is 60.7 Å². The van der Waals surface area contributed by atoms with Gasteiger partial charge >= 0.3 is 6.36 Å². The number of amides is 1. The minimum Gasteiger partial charge on any atom is -0.406 e. The Kier molecular flexibility index (Phi) is 9.16. The number of aryl methyl sites for hydroxylation is 2. The van der Waals surface area contributed by atoms with Crippen molar-refractivity contribution in [2.24, 2.45) is 4.99 Å². The number of hydrogen-bond acceptors (Lipinski definition) is 6. The van der Waals surface area contributed by atoms with Gasteiger partial charge in [-0.25, -0.2) is 9.67 Å². The number of halogens is 3. The van der Waals surface area contributed by atoms with Crippen LogP contribution in [-0.4, -0.2) is 57.6 Å². The molecule has 3 aromatic carbocycles. The molecule has 43 heavy (non-hydrogen) atoms. The van der Waals surface area contributed by atoms with Crippen molar-refractivity contribution >= 4 is 28.5 Å². The Hall–Kier alpha value is -4.16. The number of thioether (sulfide) groups is 1. The third-order valence-corrected chi connectivity index (χ3v) is 7.95. The molecule has 1 unspecified atom stereocenters. The molecule has 1 aromatic heterocycles. The zero-order valence-electron chi connectivity index (χ0n) is 23.9. The molecule has 0 aliphatic carbocycles. The van der Waals surface area contributed by atoms with Gasteiger partial charge in [0.05, 0.1) is 12.2 Å². The summed E-state index contributed by atoms with van der Waals surface area (Å²) in [6.45, 7) is 7.81. The fourth-order valence-electron chi connectivity index (χ4n) is 4.87. The monoisotopic (exact) mass is 608 g/mol. The van der Waals surface area contributed by atoms with Crippen LogP contribution in [0.15, 0.2) is 78.0 Å². The van der Waals surface area contributed by atoms with Crippen LogP contribution < -0.4 is 15.0 Å². The normalized spacial score (nSPS) is 15.2. The highest BCUT2D eigenvalue weighted by Gasteiger charge is 2.31. The zero-order chi connectivity index (χ0) is 30.6. The second kappa shape index (κ2) is 13.0. The molecule has 1 aliphatic rings. The number of para-hydroxylation sites is 1. The molecule has 0 saturated carbocycles. The number of benzene rings is 3. The Balaban J connectivity index is 1.14. The quantitative estimate of drug-likeness (QED) is 0.240. The molecule has 5 rings (SSSR count). The highest BCUT2D eigenvalue weighted by molar-refractivity contribution is 8.14. The molecule has 2 heterocycles. The number of hydrogen-bond donors (Lipinski definition) is 1. The first-order valence-electron chi connectivity index (χ1n) is 13.7. The van der Waals surface area contributed by atoms with Crippen LogP contribution in [0.2, 0.25) is 0 Å². The topological polar surface area (TPSA) is 84.6 Å². The average molecular weight is 609 g/mol. The van der Waals surface area contributed by atoms with Crippen LogP contribution >= 0.6 is 11.8 Å². The van der Waals surface area contributed by atoms with Crippen LogP contribution in [0.1, 0.15) is 29.5 Å². The first-order valence-corrected chi connectivity index (χ1v) is 14.7. The molecule has 4 aromatic rings. The van der Waals surface area contributed by atoms with Crippen LogP contribution in [0.3, 0.4) is 0 Å². The van der Waals surface area contributed by atoms with Crippen molar-refractivity contribution in [2.45, 2.75) is 33.1 Å². The molecular weight excluding hydrogens is 577 g/mol. The SMILES string of the molecule is Cc1cccc(C)c1N1CCS/C1=N\C(=O)CNCC(C)c1ccc(-c2ncn(-c3ccc(OC(F)(F)F)cc3)n2)cc1. The van der Waals surface area contributed by atoms with E-state index in [0.717, 1.165) is 45.4 Å². The van der Waals surface area contributed by atoms with Crippen LogP contribution in [0, 0.1) is 13.8 Å². The lowest BCUT2D eigenvalue weighted by Gasteiger charge is -2.22. The van der Waals surface area contributed by atoms with Gasteiger partial charge in [0.15, 0.2) is 11.0 Å². The summed E-state index contributed by atoms with van der Waals surface area (Å²) >= 11 is 1.60. The van der Waals surface area contributed by atoms with Crippen molar-refractivity contribution < 1.29 is 22.7 Å². The highest BCUT2D eigenvalue weighted by Crippen LogP contribution is 2.31. The molecule has 1 aliphatic heterocycles. The second-order valence-corrected chi connectivity index (χ2v) is 11.3. The molecule has 1 N–H and O–H groups in total. The van der Waals surface area contributed by atoms with Gasteiger partial charge in [0, 0.05) is 30.1 Å². The van der Waals surface area contributed by atoms with Crippen molar-refractivity contribution in [2.75, 3.05) is 30.3 Å². The first-order chi connectivity index (χ1) is 20.6. The number of carbonyl (C=O) groups excluding carboxylic acids is 1. The fourth-order valence-corrected chi connectivity index (χ4v) is 5.84. The van der Waals surface area contributed by atoms with E-state index in [2.05, 4.69) is 62.9 Å². The number of nitrogens with zero attached hydrogens (tertiary/aromatic N) is 5. The van der Waals surface area contributed by atoms with Gasteiger partial charge in [-0.15, -0.1) is 18.3 Å². The number of alkyl halides is 3. The Morgan fingerprint density at radius 3 is 2.44 bits per heavy atom. The van der Waals surface area contributed by atoms with E-state index < -0.39 is 6.36 Å². The van der Waals surface area contributed by atoms with E-state index in [1.54, 1.807) is 11.8 Å². The largest absolute Gasteiger partial charge is 0.573 e. The number of nitrogens with one attached hydrogen (secondary N) is 1. The molecule has 12 heteroatoms. The Morgan fingerprint density at radius 1 is 1.07 bits per heavy atom. The molecular formula is C31H31F3N6O2S. The van der Waals surface area contributed by atoms with Crippen molar-refractivity contribution in [3.63, 3.8) is 0 Å². The Bertz CT molecular complexity index is 1580. The predicted octanol–water partition coefficient (Wildman–Crippen LogP) is 6.28. The van der Waals surface area contributed by atoms with E-state index in [1.165, 1.54) is 35.3 Å². The number of ether oxygens (including phenoxy) is 1. The minimum absolute atomic E-state index is 0.143. The summed E-state index contributed by atoms with van der Waals surface area (Å²) in [7, 11) is 0. The third kappa shape index (κ3) is 7.63. The standard InChI is InChI=1S/C31H31F3N6O2S/c1-20-5-4-6-21(2)28(20)39-15-16-43-30(39)37-27(41)18-35-17-22(3)23-7-9-24(10-8-23)29-36-19-40(38-29)25-11-13-26(14-12-25)42-31(32,33)34/h4-14,19,22,35H,15-18H2,1-3H3/b37-30-. The molecule has 0 radical (unpaired) electrons. The summed E-state index contributed by atoms with van der Waals surface area (Å²) in [4.78, 5) is 23.6. The van der Waals surface area contributed by atoms with Gasteiger partial charge in [0.1, 0.15) is 12.1 Å². The van der Waals surface area contributed by atoms with Crippen molar-refractivity contribution in [1.82, 2.24) is 20.1 Å². The summed E-state index contributed by atoms with van der Waals surface area (Å²) in [6, 6.07) is 19.4. The lowest BCUT2D eigenvalue weighted by molar-refractivity contribution is -0.274. The van der Waals surface area contributed by atoms with Gasteiger partial charge in [-0.3, -0.25) is 4.79 Å². The third-order valence-electron chi connectivity index (χ3n) is 7.00. The van der Waals surface area contributed by atoms with E-state index in [4.69, 9.17) is 0 Å².